The van der Waals surface area contributed by atoms with E-state index in [1.54, 1.807) is 35.2 Å². The van der Waals surface area contributed by atoms with Gasteiger partial charge in [-0.2, -0.15) is 0 Å². The Kier molecular flexibility index (Phi) is 5.56. The first-order valence-corrected chi connectivity index (χ1v) is 8.30. The average molecular weight is 342 g/mol. The molecule has 1 fully saturated rings. The van der Waals surface area contributed by atoms with Crippen LogP contribution in [0.25, 0.3) is 6.08 Å². The lowest BCUT2D eigenvalue weighted by Crippen LogP contribution is -2.47. The number of benzene rings is 2. The summed E-state index contributed by atoms with van der Waals surface area (Å²) in [4.78, 5) is 16.2. The van der Waals surface area contributed by atoms with Crippen LogP contribution in [-0.2, 0) is 11.3 Å². The topological polar surface area (TPSA) is 23.6 Å². The van der Waals surface area contributed by atoms with Crippen LogP contribution in [0.2, 0.25) is 0 Å². The van der Waals surface area contributed by atoms with Gasteiger partial charge in [-0.25, -0.2) is 8.78 Å². The first kappa shape index (κ1) is 17.3. The lowest BCUT2D eigenvalue weighted by Gasteiger charge is -2.34. The Hall–Kier alpha value is -2.53. The van der Waals surface area contributed by atoms with Crippen LogP contribution in [0.1, 0.15) is 11.1 Å². The predicted molar refractivity (Wildman–Crippen MR) is 93.7 cm³/mol. The fourth-order valence-corrected chi connectivity index (χ4v) is 2.85. The molecule has 0 bridgehead atoms. The van der Waals surface area contributed by atoms with Gasteiger partial charge in [0.25, 0.3) is 0 Å². The minimum absolute atomic E-state index is 0.107. The Balaban J connectivity index is 1.50. The predicted octanol–water partition coefficient (Wildman–Crippen LogP) is 3.32. The molecule has 1 aliphatic rings. The maximum atomic E-state index is 13.6. The van der Waals surface area contributed by atoms with E-state index in [-0.39, 0.29) is 17.5 Å². The van der Waals surface area contributed by atoms with Crippen LogP contribution in [0.15, 0.2) is 54.6 Å². The van der Waals surface area contributed by atoms with Crippen molar-refractivity contribution in [2.45, 2.75) is 6.54 Å². The largest absolute Gasteiger partial charge is 0.337 e. The summed E-state index contributed by atoms with van der Waals surface area (Å²) in [6, 6.07) is 12.9. The number of rotatable bonds is 4. The molecule has 1 saturated heterocycles. The first-order chi connectivity index (χ1) is 12.1. The monoisotopic (exact) mass is 342 g/mol. The third kappa shape index (κ3) is 4.73. The highest BCUT2D eigenvalue weighted by Gasteiger charge is 2.19. The summed E-state index contributed by atoms with van der Waals surface area (Å²) in [6.07, 6.45) is 2.94. The van der Waals surface area contributed by atoms with Gasteiger partial charge < -0.3 is 4.90 Å². The number of hydrogen-bond donors (Lipinski definition) is 0. The third-order valence-corrected chi connectivity index (χ3v) is 4.31. The minimum Gasteiger partial charge on any atom is -0.337 e. The summed E-state index contributed by atoms with van der Waals surface area (Å²) in [5.74, 6) is -0.679. The second-order valence-corrected chi connectivity index (χ2v) is 6.08. The smallest absolute Gasteiger partial charge is 0.246 e. The van der Waals surface area contributed by atoms with Crippen LogP contribution in [-0.4, -0.2) is 41.9 Å². The van der Waals surface area contributed by atoms with Crippen LogP contribution < -0.4 is 0 Å². The van der Waals surface area contributed by atoms with Gasteiger partial charge in [0, 0.05) is 44.4 Å². The Bertz CT molecular complexity index is 751. The molecule has 0 aliphatic carbocycles. The summed E-state index contributed by atoms with van der Waals surface area (Å²) >= 11 is 0. The standard InChI is InChI=1S/C20H20F2N2O/c21-18-8-5-16(6-9-18)15-23-11-13-24(14-12-23)20(25)10-7-17-3-1-2-4-19(17)22/h1-10H,11-15H2. The Morgan fingerprint density at radius 2 is 1.64 bits per heavy atom. The Labute approximate surface area is 146 Å². The van der Waals surface area contributed by atoms with E-state index in [9.17, 15) is 13.6 Å². The molecule has 3 nitrogen and oxygen atoms in total. The Morgan fingerprint density at radius 1 is 0.960 bits per heavy atom. The molecule has 0 atom stereocenters. The van der Waals surface area contributed by atoms with Crippen molar-refractivity contribution in [2.24, 2.45) is 0 Å². The van der Waals surface area contributed by atoms with Crippen molar-refractivity contribution in [3.63, 3.8) is 0 Å². The summed E-state index contributed by atoms with van der Waals surface area (Å²) < 4.78 is 26.5. The number of halogens is 2. The zero-order valence-corrected chi connectivity index (χ0v) is 13.9. The molecular formula is C20H20F2N2O. The van der Waals surface area contributed by atoms with Gasteiger partial charge in [0.1, 0.15) is 11.6 Å². The number of amides is 1. The van der Waals surface area contributed by atoms with Gasteiger partial charge in [-0.1, -0.05) is 30.3 Å². The van der Waals surface area contributed by atoms with Crippen LogP contribution in [0.4, 0.5) is 8.78 Å². The quantitative estimate of drug-likeness (QED) is 0.796. The number of carbonyl (C=O) groups excluding carboxylic acids is 1. The molecule has 1 amide bonds. The van der Waals surface area contributed by atoms with E-state index in [1.807, 2.05) is 0 Å². The number of carbonyl (C=O) groups is 1. The lowest BCUT2D eigenvalue weighted by molar-refractivity contribution is -0.127. The second kappa shape index (κ2) is 8.03. The van der Waals surface area contributed by atoms with E-state index in [1.165, 1.54) is 30.4 Å². The molecule has 2 aromatic rings. The molecule has 2 aromatic carbocycles. The fourth-order valence-electron chi connectivity index (χ4n) is 2.85. The van der Waals surface area contributed by atoms with Crippen molar-refractivity contribution in [2.75, 3.05) is 26.2 Å². The molecule has 0 saturated carbocycles. The van der Waals surface area contributed by atoms with Crippen molar-refractivity contribution in [1.82, 2.24) is 9.80 Å². The second-order valence-electron chi connectivity index (χ2n) is 6.08. The van der Waals surface area contributed by atoms with Crippen LogP contribution >= 0.6 is 0 Å². The zero-order chi connectivity index (χ0) is 17.6. The van der Waals surface area contributed by atoms with Crippen molar-refractivity contribution in [3.05, 3.63) is 77.4 Å². The van der Waals surface area contributed by atoms with E-state index in [0.29, 0.717) is 18.7 Å². The summed E-state index contributed by atoms with van der Waals surface area (Å²) in [5.41, 5.74) is 1.46. The molecule has 0 N–H and O–H groups in total. The molecular weight excluding hydrogens is 322 g/mol. The average Bonchev–Trinajstić information content (AvgIpc) is 2.63. The third-order valence-electron chi connectivity index (χ3n) is 4.31. The summed E-state index contributed by atoms with van der Waals surface area (Å²) in [7, 11) is 0. The Morgan fingerprint density at radius 3 is 2.32 bits per heavy atom. The zero-order valence-electron chi connectivity index (χ0n) is 13.9. The van der Waals surface area contributed by atoms with Gasteiger partial charge in [0.2, 0.25) is 5.91 Å². The van der Waals surface area contributed by atoms with E-state index in [2.05, 4.69) is 4.90 Å². The van der Waals surface area contributed by atoms with E-state index < -0.39 is 0 Å². The molecule has 3 rings (SSSR count). The highest BCUT2D eigenvalue weighted by molar-refractivity contribution is 5.91. The number of hydrogen-bond acceptors (Lipinski definition) is 2. The van der Waals surface area contributed by atoms with Gasteiger partial charge in [-0.05, 0) is 29.8 Å². The summed E-state index contributed by atoms with van der Waals surface area (Å²) in [6.45, 7) is 3.52. The normalized spacial score (nSPS) is 15.7. The van der Waals surface area contributed by atoms with Gasteiger partial charge in [0.05, 0.1) is 0 Å². The number of nitrogens with zero attached hydrogens (tertiary/aromatic N) is 2. The van der Waals surface area contributed by atoms with E-state index in [0.717, 1.165) is 25.2 Å². The SMILES string of the molecule is O=C(C=Cc1ccccc1F)N1CCN(Cc2ccc(F)cc2)CC1. The molecule has 0 spiro atoms. The van der Waals surface area contributed by atoms with Crippen LogP contribution in [0.5, 0.6) is 0 Å². The highest BCUT2D eigenvalue weighted by atomic mass is 19.1. The van der Waals surface area contributed by atoms with Crippen molar-refractivity contribution in [3.8, 4) is 0 Å². The van der Waals surface area contributed by atoms with Gasteiger partial charge >= 0.3 is 0 Å². The minimum atomic E-state index is -0.337. The van der Waals surface area contributed by atoms with Crippen molar-refractivity contribution in [1.29, 1.82) is 0 Å². The maximum absolute atomic E-state index is 13.6. The maximum Gasteiger partial charge on any atom is 0.246 e. The molecule has 0 radical (unpaired) electrons. The molecule has 0 aromatic heterocycles. The molecule has 130 valence electrons. The molecule has 25 heavy (non-hydrogen) atoms. The van der Waals surface area contributed by atoms with Crippen molar-refractivity contribution >= 4 is 12.0 Å². The lowest BCUT2D eigenvalue weighted by atomic mass is 10.2. The molecule has 5 heteroatoms. The fraction of sp³-hybridized carbons (Fsp3) is 0.250. The van der Waals surface area contributed by atoms with Crippen LogP contribution in [0, 0.1) is 11.6 Å². The van der Waals surface area contributed by atoms with Gasteiger partial charge in [0.15, 0.2) is 0 Å². The highest BCUT2D eigenvalue weighted by Crippen LogP contribution is 2.12. The molecule has 1 heterocycles. The summed E-state index contributed by atoms with van der Waals surface area (Å²) in [5, 5.41) is 0. The van der Waals surface area contributed by atoms with Crippen LogP contribution in [0.3, 0.4) is 0 Å². The van der Waals surface area contributed by atoms with E-state index in [4.69, 9.17) is 0 Å². The van der Waals surface area contributed by atoms with Gasteiger partial charge in [-0.3, -0.25) is 9.69 Å². The van der Waals surface area contributed by atoms with Crippen molar-refractivity contribution < 1.29 is 13.6 Å². The van der Waals surface area contributed by atoms with E-state index >= 15 is 0 Å². The molecule has 0 unspecified atom stereocenters. The molecule has 1 aliphatic heterocycles. The first-order valence-electron chi connectivity index (χ1n) is 8.30. The number of piperazine rings is 1. The van der Waals surface area contributed by atoms with Gasteiger partial charge in [-0.15, -0.1) is 0 Å².